The number of rotatable bonds is 2. The van der Waals surface area contributed by atoms with Crippen LogP contribution in [0.5, 0.6) is 0 Å². The monoisotopic (exact) mass is 316 g/mol. The van der Waals surface area contributed by atoms with E-state index in [4.69, 9.17) is 28.9 Å². The first kappa shape index (κ1) is 15.4. The number of likely N-dealkylation sites (N-methyl/N-ethyl adjacent to an activating group) is 1. The average molecular weight is 317 g/mol. The zero-order valence-electron chi connectivity index (χ0n) is 11.3. The molecule has 0 spiro atoms. The molecule has 0 saturated heterocycles. The maximum atomic E-state index is 12.5. The van der Waals surface area contributed by atoms with Crippen LogP contribution in [0, 0.1) is 0 Å². The van der Waals surface area contributed by atoms with Crippen LogP contribution in [0.1, 0.15) is 36.0 Å². The molecule has 20 heavy (non-hydrogen) atoms. The first-order chi connectivity index (χ1) is 9.41. The highest BCUT2D eigenvalue weighted by Crippen LogP contribution is 2.31. The summed E-state index contributed by atoms with van der Waals surface area (Å²) in [6.45, 7) is 0. The van der Waals surface area contributed by atoms with Crippen LogP contribution in [0.25, 0.3) is 0 Å². The fourth-order valence-corrected chi connectivity index (χ4v) is 3.07. The molecule has 3 N–H and O–H groups in total. The number of benzene rings is 1. The first-order valence-corrected chi connectivity index (χ1v) is 7.37. The van der Waals surface area contributed by atoms with E-state index in [1.54, 1.807) is 11.9 Å². The number of anilines is 1. The molecule has 4 nitrogen and oxygen atoms in total. The molecular formula is C14H18Cl2N2O2. The summed E-state index contributed by atoms with van der Waals surface area (Å²) in [6.07, 6.45) is 3.01. The van der Waals surface area contributed by atoms with E-state index in [2.05, 4.69) is 0 Å². The lowest BCUT2D eigenvalue weighted by Gasteiger charge is -2.35. The highest BCUT2D eigenvalue weighted by Gasteiger charge is 2.30. The van der Waals surface area contributed by atoms with E-state index < -0.39 is 6.10 Å². The number of aliphatic hydroxyl groups is 1. The largest absolute Gasteiger partial charge is 0.399 e. The molecular weight excluding hydrogens is 299 g/mol. The summed E-state index contributed by atoms with van der Waals surface area (Å²) in [7, 11) is 1.68. The number of hydrogen-bond acceptors (Lipinski definition) is 3. The molecule has 0 aromatic heterocycles. The van der Waals surface area contributed by atoms with Crippen LogP contribution in [0.15, 0.2) is 12.1 Å². The molecule has 1 amide bonds. The van der Waals surface area contributed by atoms with E-state index in [-0.39, 0.29) is 27.6 Å². The van der Waals surface area contributed by atoms with Gasteiger partial charge >= 0.3 is 0 Å². The van der Waals surface area contributed by atoms with Crippen molar-refractivity contribution >= 4 is 34.8 Å². The van der Waals surface area contributed by atoms with Crippen molar-refractivity contribution in [2.45, 2.75) is 37.8 Å². The Morgan fingerprint density at radius 1 is 1.35 bits per heavy atom. The van der Waals surface area contributed by atoms with Gasteiger partial charge < -0.3 is 15.7 Å². The van der Waals surface area contributed by atoms with Crippen molar-refractivity contribution in [1.82, 2.24) is 4.90 Å². The second-order valence-electron chi connectivity index (χ2n) is 5.20. The zero-order chi connectivity index (χ0) is 14.9. The molecule has 110 valence electrons. The number of carbonyl (C=O) groups excluding carboxylic acids is 1. The van der Waals surface area contributed by atoms with Gasteiger partial charge in [-0.3, -0.25) is 4.79 Å². The van der Waals surface area contributed by atoms with E-state index in [0.29, 0.717) is 12.1 Å². The van der Waals surface area contributed by atoms with Gasteiger partial charge in [0, 0.05) is 12.7 Å². The molecule has 2 unspecified atom stereocenters. The number of nitrogen functional groups attached to an aromatic ring is 1. The first-order valence-electron chi connectivity index (χ1n) is 6.61. The molecule has 0 heterocycles. The van der Waals surface area contributed by atoms with Gasteiger partial charge in [0.15, 0.2) is 0 Å². The maximum absolute atomic E-state index is 12.5. The number of amides is 1. The van der Waals surface area contributed by atoms with E-state index in [1.807, 2.05) is 0 Å². The van der Waals surface area contributed by atoms with Crippen molar-refractivity contribution < 1.29 is 9.90 Å². The minimum absolute atomic E-state index is 0.187. The Balaban J connectivity index is 2.26. The predicted octanol–water partition coefficient (Wildman–Crippen LogP) is 2.95. The Labute approximate surface area is 128 Å². The van der Waals surface area contributed by atoms with E-state index in [1.165, 1.54) is 12.1 Å². The van der Waals surface area contributed by atoms with Gasteiger partial charge in [-0.05, 0) is 25.0 Å². The SMILES string of the molecule is CN(C(=O)c1cc(N)cc(Cl)c1Cl)C1CCCCC1O. The Kier molecular flexibility index (Phi) is 4.78. The highest BCUT2D eigenvalue weighted by atomic mass is 35.5. The summed E-state index contributed by atoms with van der Waals surface area (Å²) in [5.74, 6) is -0.268. The summed E-state index contributed by atoms with van der Waals surface area (Å²) in [4.78, 5) is 14.1. The number of halogens is 2. The van der Waals surface area contributed by atoms with Crippen molar-refractivity contribution in [3.05, 3.63) is 27.7 Å². The third-order valence-electron chi connectivity index (χ3n) is 3.79. The third kappa shape index (κ3) is 3.03. The predicted molar refractivity (Wildman–Crippen MR) is 81.2 cm³/mol. The van der Waals surface area contributed by atoms with Crippen LogP contribution >= 0.6 is 23.2 Å². The molecule has 6 heteroatoms. The molecule has 1 aromatic carbocycles. The standard InChI is InChI=1S/C14H18Cl2N2O2/c1-18(11-4-2-3-5-12(11)19)14(20)9-6-8(17)7-10(15)13(9)16/h6-7,11-12,19H,2-5,17H2,1H3. The number of nitrogens with two attached hydrogens (primary N) is 1. The molecule has 1 aromatic rings. The van der Waals surface area contributed by atoms with Gasteiger partial charge in [-0.15, -0.1) is 0 Å². The smallest absolute Gasteiger partial charge is 0.255 e. The lowest BCUT2D eigenvalue weighted by atomic mass is 9.91. The maximum Gasteiger partial charge on any atom is 0.255 e. The quantitative estimate of drug-likeness (QED) is 0.824. The van der Waals surface area contributed by atoms with Gasteiger partial charge in [0.1, 0.15) is 0 Å². The summed E-state index contributed by atoms with van der Waals surface area (Å²) < 4.78 is 0. The van der Waals surface area contributed by atoms with E-state index in [0.717, 1.165) is 19.3 Å². The van der Waals surface area contributed by atoms with E-state index in [9.17, 15) is 9.90 Å². The molecule has 0 radical (unpaired) electrons. The van der Waals surface area contributed by atoms with Crippen molar-refractivity contribution in [1.29, 1.82) is 0 Å². The average Bonchev–Trinajstić information content (AvgIpc) is 2.42. The molecule has 1 aliphatic carbocycles. The normalized spacial score (nSPS) is 22.6. The van der Waals surface area contributed by atoms with Crippen LogP contribution in [0.4, 0.5) is 5.69 Å². The van der Waals surface area contributed by atoms with Crippen LogP contribution in [0.2, 0.25) is 10.0 Å². The van der Waals surface area contributed by atoms with Gasteiger partial charge in [0.05, 0.1) is 27.8 Å². The fraction of sp³-hybridized carbons (Fsp3) is 0.500. The van der Waals surface area contributed by atoms with Crippen molar-refractivity contribution in [2.75, 3.05) is 12.8 Å². The van der Waals surface area contributed by atoms with Crippen LogP contribution in [-0.2, 0) is 0 Å². The fourth-order valence-electron chi connectivity index (χ4n) is 2.65. The number of hydrogen-bond donors (Lipinski definition) is 2. The third-order valence-corrected chi connectivity index (χ3v) is 4.59. The summed E-state index contributed by atoms with van der Waals surface area (Å²) >= 11 is 12.0. The van der Waals surface area contributed by atoms with Gasteiger partial charge in [-0.2, -0.15) is 0 Å². The zero-order valence-corrected chi connectivity index (χ0v) is 12.8. The van der Waals surface area contributed by atoms with Crippen LogP contribution in [-0.4, -0.2) is 35.1 Å². The Bertz CT molecular complexity index is 522. The van der Waals surface area contributed by atoms with Crippen LogP contribution < -0.4 is 5.73 Å². The lowest BCUT2D eigenvalue weighted by molar-refractivity contribution is 0.0268. The Hall–Kier alpha value is -0.970. The van der Waals surface area contributed by atoms with Gasteiger partial charge in [0.2, 0.25) is 0 Å². The van der Waals surface area contributed by atoms with Crippen molar-refractivity contribution in [3.63, 3.8) is 0 Å². The van der Waals surface area contributed by atoms with E-state index >= 15 is 0 Å². The molecule has 0 aliphatic heterocycles. The van der Waals surface area contributed by atoms with Gasteiger partial charge in [0.25, 0.3) is 5.91 Å². The molecule has 2 atom stereocenters. The second kappa shape index (κ2) is 6.20. The van der Waals surface area contributed by atoms with Gasteiger partial charge in [-0.25, -0.2) is 0 Å². The van der Waals surface area contributed by atoms with Crippen molar-refractivity contribution in [2.24, 2.45) is 0 Å². The highest BCUT2D eigenvalue weighted by molar-refractivity contribution is 6.44. The van der Waals surface area contributed by atoms with Crippen LogP contribution in [0.3, 0.4) is 0 Å². The number of aliphatic hydroxyl groups excluding tert-OH is 1. The Morgan fingerprint density at radius 3 is 2.65 bits per heavy atom. The number of carbonyl (C=O) groups is 1. The summed E-state index contributed by atoms with van der Waals surface area (Å²) in [5, 5.41) is 10.5. The number of nitrogens with zero attached hydrogens (tertiary/aromatic N) is 1. The van der Waals surface area contributed by atoms with Crippen molar-refractivity contribution in [3.8, 4) is 0 Å². The second-order valence-corrected chi connectivity index (χ2v) is 5.98. The molecule has 2 rings (SSSR count). The molecule has 0 bridgehead atoms. The lowest BCUT2D eigenvalue weighted by Crippen LogP contribution is -2.46. The topological polar surface area (TPSA) is 66.6 Å². The van der Waals surface area contributed by atoms with Gasteiger partial charge in [-0.1, -0.05) is 36.0 Å². The molecule has 1 aliphatic rings. The summed E-state index contributed by atoms with van der Waals surface area (Å²) in [5.41, 5.74) is 6.37. The molecule has 1 saturated carbocycles. The minimum atomic E-state index is -0.493. The summed E-state index contributed by atoms with van der Waals surface area (Å²) in [6, 6.07) is 2.84. The minimum Gasteiger partial charge on any atom is -0.399 e. The Morgan fingerprint density at radius 2 is 2.00 bits per heavy atom. The molecule has 1 fully saturated rings.